The Morgan fingerprint density at radius 2 is 1.15 bits per heavy atom. The molecule has 0 N–H and O–H groups in total. The summed E-state index contributed by atoms with van der Waals surface area (Å²) in [6, 6.07) is 18.8. The number of carbonyl (C=O) groups excluding carboxylic acids is 2. The van der Waals surface area contributed by atoms with Crippen LogP contribution in [0.15, 0.2) is 69.5 Å². The monoisotopic (exact) mass is 448 g/mol. The highest BCUT2D eigenvalue weighted by Gasteiger charge is 2.23. The zero-order valence-corrected chi connectivity index (χ0v) is 19.3. The lowest BCUT2D eigenvalue weighted by atomic mass is 10.2. The summed E-state index contributed by atoms with van der Waals surface area (Å²) < 4.78 is 17.2. The fourth-order valence-electron chi connectivity index (χ4n) is 3.66. The second-order valence-corrected chi connectivity index (χ2v) is 8.23. The Balaban J connectivity index is 1.29. The molecule has 0 bridgehead atoms. The molecule has 0 aliphatic heterocycles. The van der Waals surface area contributed by atoms with Gasteiger partial charge in [-0.05, 0) is 38.1 Å². The topological polar surface area (TPSA) is 76.1 Å². The van der Waals surface area contributed by atoms with Crippen LogP contribution in [-0.2, 0) is 14.3 Å². The van der Waals surface area contributed by atoms with Gasteiger partial charge in [-0.3, -0.25) is 9.59 Å². The van der Waals surface area contributed by atoms with E-state index in [1.54, 1.807) is 23.9 Å². The van der Waals surface area contributed by atoms with Crippen LogP contribution in [0.3, 0.4) is 0 Å². The second kappa shape index (κ2) is 9.50. The van der Waals surface area contributed by atoms with Gasteiger partial charge in [-0.1, -0.05) is 36.4 Å². The highest BCUT2D eigenvalue weighted by atomic mass is 16.5. The molecule has 2 aromatic heterocycles. The zero-order valence-electron chi connectivity index (χ0n) is 19.3. The molecule has 33 heavy (non-hydrogen) atoms. The SMILES string of the molecule is CC(c1cc2ccccc2o1)N(C)C(=O)COCC(=O)N(C)C(C)c1cc2ccccc2o1. The molecular weight excluding hydrogens is 420 g/mol. The zero-order chi connectivity index (χ0) is 23.5. The molecule has 172 valence electrons. The van der Waals surface area contributed by atoms with Gasteiger partial charge in [0.25, 0.3) is 0 Å². The number of furan rings is 2. The Labute approximate surface area is 192 Å². The van der Waals surface area contributed by atoms with Crippen molar-refractivity contribution in [2.24, 2.45) is 0 Å². The molecule has 0 spiro atoms. The molecule has 2 atom stereocenters. The minimum atomic E-state index is -0.264. The number of hydrogen-bond donors (Lipinski definition) is 0. The van der Waals surface area contributed by atoms with Crippen LogP contribution < -0.4 is 0 Å². The summed E-state index contributed by atoms with van der Waals surface area (Å²) in [6.07, 6.45) is 0. The molecule has 2 heterocycles. The summed E-state index contributed by atoms with van der Waals surface area (Å²) in [4.78, 5) is 28.3. The van der Waals surface area contributed by atoms with E-state index in [1.807, 2.05) is 74.5 Å². The minimum absolute atomic E-state index is 0.195. The van der Waals surface area contributed by atoms with E-state index in [2.05, 4.69) is 0 Å². The summed E-state index contributed by atoms with van der Waals surface area (Å²) in [5.41, 5.74) is 1.56. The lowest BCUT2D eigenvalue weighted by molar-refractivity contribution is -0.143. The Hall–Kier alpha value is -3.58. The van der Waals surface area contributed by atoms with Crippen LogP contribution in [0.25, 0.3) is 21.9 Å². The molecule has 0 aliphatic carbocycles. The van der Waals surface area contributed by atoms with Gasteiger partial charge in [0.2, 0.25) is 11.8 Å². The van der Waals surface area contributed by atoms with Gasteiger partial charge in [0, 0.05) is 24.9 Å². The first kappa shape index (κ1) is 22.6. The predicted molar refractivity (Wildman–Crippen MR) is 126 cm³/mol. The maximum atomic E-state index is 12.6. The molecule has 0 fully saturated rings. The fraction of sp³-hybridized carbons (Fsp3) is 0.308. The number of amides is 2. The summed E-state index contributed by atoms with van der Waals surface area (Å²) in [5.74, 6) is 0.928. The van der Waals surface area contributed by atoms with Crippen LogP contribution >= 0.6 is 0 Å². The van der Waals surface area contributed by atoms with Crippen molar-refractivity contribution in [1.29, 1.82) is 0 Å². The maximum absolute atomic E-state index is 12.6. The third kappa shape index (κ3) is 4.78. The van der Waals surface area contributed by atoms with Crippen LogP contribution in [0.5, 0.6) is 0 Å². The van der Waals surface area contributed by atoms with Crippen LogP contribution in [0, 0.1) is 0 Å². The van der Waals surface area contributed by atoms with E-state index in [4.69, 9.17) is 13.6 Å². The Kier molecular flexibility index (Phi) is 6.51. The van der Waals surface area contributed by atoms with Gasteiger partial charge in [0.15, 0.2) is 0 Å². The number of fused-ring (bicyclic) bond motifs is 2. The van der Waals surface area contributed by atoms with Gasteiger partial charge in [0.05, 0.1) is 12.1 Å². The fourth-order valence-corrected chi connectivity index (χ4v) is 3.66. The van der Waals surface area contributed by atoms with E-state index in [-0.39, 0.29) is 37.1 Å². The van der Waals surface area contributed by atoms with Crippen LogP contribution in [-0.4, -0.2) is 48.9 Å². The smallest absolute Gasteiger partial charge is 0.248 e. The van der Waals surface area contributed by atoms with Crippen molar-refractivity contribution in [3.8, 4) is 0 Å². The molecule has 0 aliphatic rings. The highest BCUT2D eigenvalue weighted by molar-refractivity contribution is 5.81. The van der Waals surface area contributed by atoms with E-state index in [0.29, 0.717) is 11.5 Å². The van der Waals surface area contributed by atoms with Crippen molar-refractivity contribution in [3.63, 3.8) is 0 Å². The number of likely N-dealkylation sites (N-methyl/N-ethyl adjacent to an activating group) is 2. The highest BCUT2D eigenvalue weighted by Crippen LogP contribution is 2.28. The van der Waals surface area contributed by atoms with Crippen LogP contribution in [0.4, 0.5) is 0 Å². The van der Waals surface area contributed by atoms with Crippen molar-refractivity contribution in [1.82, 2.24) is 9.80 Å². The second-order valence-electron chi connectivity index (χ2n) is 8.23. The molecule has 0 radical (unpaired) electrons. The molecule has 4 rings (SSSR count). The normalized spacial score (nSPS) is 13.2. The lowest BCUT2D eigenvalue weighted by Crippen LogP contribution is -2.36. The van der Waals surface area contributed by atoms with Crippen molar-refractivity contribution in [2.75, 3.05) is 27.3 Å². The Bertz CT molecular complexity index is 1110. The van der Waals surface area contributed by atoms with Gasteiger partial charge < -0.3 is 23.4 Å². The quantitative estimate of drug-likeness (QED) is 0.382. The average Bonchev–Trinajstić information content (AvgIpc) is 3.46. The third-order valence-corrected chi connectivity index (χ3v) is 6.11. The molecule has 0 saturated heterocycles. The van der Waals surface area contributed by atoms with Gasteiger partial charge in [-0.15, -0.1) is 0 Å². The van der Waals surface area contributed by atoms with Crippen molar-refractivity contribution >= 4 is 33.8 Å². The summed E-state index contributed by atoms with van der Waals surface area (Å²) in [5, 5.41) is 1.98. The van der Waals surface area contributed by atoms with E-state index < -0.39 is 0 Å². The molecule has 7 heteroatoms. The van der Waals surface area contributed by atoms with Gasteiger partial charge >= 0.3 is 0 Å². The number of rotatable bonds is 8. The first-order valence-electron chi connectivity index (χ1n) is 10.9. The van der Waals surface area contributed by atoms with Gasteiger partial charge in [0.1, 0.15) is 35.9 Å². The number of benzene rings is 2. The largest absolute Gasteiger partial charge is 0.459 e. The first-order valence-corrected chi connectivity index (χ1v) is 10.9. The molecule has 2 unspecified atom stereocenters. The molecule has 2 amide bonds. The summed E-state index contributed by atoms with van der Waals surface area (Å²) in [7, 11) is 3.39. The summed E-state index contributed by atoms with van der Waals surface area (Å²) >= 11 is 0. The molecule has 7 nitrogen and oxygen atoms in total. The number of hydrogen-bond acceptors (Lipinski definition) is 5. The average molecular weight is 449 g/mol. The molecule has 2 aromatic carbocycles. The third-order valence-electron chi connectivity index (χ3n) is 6.11. The van der Waals surface area contributed by atoms with E-state index >= 15 is 0 Å². The number of nitrogens with zero attached hydrogens (tertiary/aromatic N) is 2. The Morgan fingerprint density at radius 1 is 0.758 bits per heavy atom. The van der Waals surface area contributed by atoms with E-state index in [9.17, 15) is 9.59 Å². The number of carbonyl (C=O) groups is 2. The molecular formula is C26H28N2O5. The van der Waals surface area contributed by atoms with Crippen molar-refractivity contribution in [2.45, 2.75) is 25.9 Å². The minimum Gasteiger partial charge on any atom is -0.459 e. The maximum Gasteiger partial charge on any atom is 0.248 e. The standard InChI is InChI=1S/C26H28N2O5/c1-17(23-13-19-9-5-7-11-21(19)32-23)27(3)25(29)15-31-16-26(30)28(4)18(2)24-14-20-10-6-8-12-22(20)33-24/h5-14,17-18H,15-16H2,1-4H3. The summed E-state index contributed by atoms with van der Waals surface area (Å²) in [6.45, 7) is 3.40. The lowest BCUT2D eigenvalue weighted by Gasteiger charge is -2.25. The van der Waals surface area contributed by atoms with Gasteiger partial charge in [-0.2, -0.15) is 0 Å². The Morgan fingerprint density at radius 3 is 1.55 bits per heavy atom. The van der Waals surface area contributed by atoms with Crippen molar-refractivity contribution in [3.05, 3.63) is 72.2 Å². The number of ether oxygens (including phenoxy) is 1. The first-order chi connectivity index (χ1) is 15.8. The molecule has 4 aromatic rings. The van der Waals surface area contributed by atoms with E-state index in [1.165, 1.54) is 0 Å². The van der Waals surface area contributed by atoms with Crippen LogP contribution in [0.1, 0.15) is 37.5 Å². The number of para-hydroxylation sites is 2. The van der Waals surface area contributed by atoms with E-state index in [0.717, 1.165) is 21.9 Å². The predicted octanol–water partition coefficient (Wildman–Crippen LogP) is 4.93. The van der Waals surface area contributed by atoms with Gasteiger partial charge in [-0.25, -0.2) is 0 Å². The van der Waals surface area contributed by atoms with Crippen molar-refractivity contribution < 1.29 is 23.2 Å². The molecule has 0 saturated carbocycles. The van der Waals surface area contributed by atoms with Crippen LogP contribution in [0.2, 0.25) is 0 Å².